The summed E-state index contributed by atoms with van der Waals surface area (Å²) in [7, 11) is -1.62. The summed E-state index contributed by atoms with van der Waals surface area (Å²) in [4.78, 5) is 10.2. The Balaban J connectivity index is 1.40. The Kier molecular flexibility index (Phi) is 7.63. The molecule has 0 bridgehead atoms. The zero-order valence-electron chi connectivity index (χ0n) is 17.0. The maximum absolute atomic E-state index is 12.7. The van der Waals surface area contributed by atoms with Gasteiger partial charge in [0.05, 0.1) is 9.90 Å². The minimum Gasteiger partial charge on any atom is -0.356 e. The predicted octanol–water partition coefficient (Wildman–Crippen LogP) is 2.26. The van der Waals surface area contributed by atoms with Gasteiger partial charge in [0.25, 0.3) is 0 Å². The number of aromatic nitrogens is 1. The van der Waals surface area contributed by atoms with E-state index in [1.165, 1.54) is 4.88 Å². The van der Waals surface area contributed by atoms with E-state index in [2.05, 4.69) is 27.5 Å². The number of piperidine rings is 1. The van der Waals surface area contributed by atoms with Gasteiger partial charge < -0.3 is 10.6 Å². The van der Waals surface area contributed by atoms with Crippen LogP contribution >= 0.6 is 11.3 Å². The number of benzene rings is 1. The molecule has 9 heteroatoms. The van der Waals surface area contributed by atoms with E-state index in [4.69, 9.17) is 0 Å². The highest BCUT2D eigenvalue weighted by Crippen LogP contribution is 2.23. The fraction of sp³-hybridized carbons (Fsp3) is 0.500. The van der Waals surface area contributed by atoms with Gasteiger partial charge in [0.1, 0.15) is 0 Å². The van der Waals surface area contributed by atoms with Crippen molar-refractivity contribution < 1.29 is 8.42 Å². The summed E-state index contributed by atoms with van der Waals surface area (Å²) in [5.74, 6) is 1.20. The van der Waals surface area contributed by atoms with Crippen molar-refractivity contribution in [2.45, 2.75) is 31.1 Å². The van der Waals surface area contributed by atoms with Crippen LogP contribution in [0.25, 0.3) is 0 Å². The molecule has 29 heavy (non-hydrogen) atoms. The van der Waals surface area contributed by atoms with E-state index >= 15 is 0 Å². The van der Waals surface area contributed by atoms with Crippen molar-refractivity contribution in [3.05, 3.63) is 46.4 Å². The average Bonchev–Trinajstić information content (AvgIpc) is 3.16. The maximum Gasteiger partial charge on any atom is 0.243 e. The van der Waals surface area contributed by atoms with E-state index in [-0.39, 0.29) is 0 Å². The van der Waals surface area contributed by atoms with E-state index in [1.54, 1.807) is 47.0 Å². The molecule has 1 aliphatic heterocycles. The SMILES string of the molecule is CN=C(NCCc1ncc(C)s1)NCC1CCN(S(=O)(=O)c2ccccc2)CC1. The molecule has 1 aromatic heterocycles. The van der Waals surface area contributed by atoms with Gasteiger partial charge in [-0.1, -0.05) is 18.2 Å². The van der Waals surface area contributed by atoms with Crippen LogP contribution in [0.4, 0.5) is 0 Å². The van der Waals surface area contributed by atoms with Crippen LogP contribution in [-0.2, 0) is 16.4 Å². The fourth-order valence-corrected chi connectivity index (χ4v) is 5.64. The number of hydrogen-bond donors (Lipinski definition) is 2. The molecule has 1 aliphatic rings. The lowest BCUT2D eigenvalue weighted by Gasteiger charge is -2.31. The van der Waals surface area contributed by atoms with Gasteiger partial charge in [-0.25, -0.2) is 13.4 Å². The van der Waals surface area contributed by atoms with Crippen molar-refractivity contribution >= 4 is 27.3 Å². The first-order chi connectivity index (χ1) is 14.0. The first-order valence-corrected chi connectivity index (χ1v) is 12.2. The predicted molar refractivity (Wildman–Crippen MR) is 118 cm³/mol. The monoisotopic (exact) mass is 435 g/mol. The van der Waals surface area contributed by atoms with Crippen LogP contribution in [0, 0.1) is 12.8 Å². The lowest BCUT2D eigenvalue weighted by Crippen LogP contribution is -2.44. The third-order valence-electron chi connectivity index (χ3n) is 5.04. The fourth-order valence-electron chi connectivity index (χ4n) is 3.36. The smallest absolute Gasteiger partial charge is 0.243 e. The molecule has 1 aromatic carbocycles. The second-order valence-corrected chi connectivity index (χ2v) is 10.4. The molecular formula is C20H29N5O2S2. The molecule has 3 rings (SSSR count). The highest BCUT2D eigenvalue weighted by atomic mass is 32.2. The highest BCUT2D eigenvalue weighted by molar-refractivity contribution is 7.89. The van der Waals surface area contributed by atoms with Crippen molar-refractivity contribution in [3.8, 4) is 0 Å². The molecule has 0 unspecified atom stereocenters. The molecule has 2 aromatic rings. The summed E-state index contributed by atoms with van der Waals surface area (Å²) in [6.45, 7) is 4.74. The molecule has 0 atom stereocenters. The zero-order chi connectivity index (χ0) is 20.7. The van der Waals surface area contributed by atoms with Crippen LogP contribution in [0.3, 0.4) is 0 Å². The van der Waals surface area contributed by atoms with E-state index in [1.807, 2.05) is 12.3 Å². The molecule has 1 fully saturated rings. The first kappa shape index (κ1) is 21.7. The lowest BCUT2D eigenvalue weighted by atomic mass is 9.98. The normalized spacial score (nSPS) is 16.7. The summed E-state index contributed by atoms with van der Waals surface area (Å²) in [6, 6.07) is 8.67. The standard InChI is InChI=1S/C20H29N5O2S2/c1-16-14-23-19(28-16)8-11-22-20(21-2)24-15-17-9-12-25(13-10-17)29(26,27)18-6-4-3-5-7-18/h3-7,14,17H,8-13,15H2,1-2H3,(H2,21,22,24). The molecule has 0 radical (unpaired) electrons. The third-order valence-corrected chi connectivity index (χ3v) is 7.92. The number of guanidine groups is 1. The molecule has 1 saturated heterocycles. The Morgan fingerprint density at radius 2 is 1.97 bits per heavy atom. The first-order valence-electron chi connectivity index (χ1n) is 9.90. The van der Waals surface area contributed by atoms with Gasteiger partial charge in [0, 0.05) is 50.7 Å². The number of nitrogens with zero attached hydrogens (tertiary/aromatic N) is 3. The third kappa shape index (κ3) is 6.01. The Hall–Kier alpha value is -1.97. The van der Waals surface area contributed by atoms with Gasteiger partial charge in [-0.3, -0.25) is 4.99 Å². The average molecular weight is 436 g/mol. The van der Waals surface area contributed by atoms with Crippen LogP contribution in [0.5, 0.6) is 0 Å². The Morgan fingerprint density at radius 3 is 2.59 bits per heavy atom. The lowest BCUT2D eigenvalue weighted by molar-refractivity contribution is 0.273. The number of aliphatic imine (C=N–C) groups is 1. The van der Waals surface area contributed by atoms with E-state index in [0.717, 1.165) is 43.3 Å². The Morgan fingerprint density at radius 1 is 1.24 bits per heavy atom. The molecule has 158 valence electrons. The van der Waals surface area contributed by atoms with E-state index < -0.39 is 10.0 Å². The number of nitrogens with one attached hydrogen (secondary N) is 2. The minimum atomic E-state index is -3.39. The summed E-state index contributed by atoms with van der Waals surface area (Å²) < 4.78 is 27.0. The van der Waals surface area contributed by atoms with Crippen molar-refractivity contribution in [2.24, 2.45) is 10.9 Å². The van der Waals surface area contributed by atoms with Gasteiger partial charge in [0.15, 0.2) is 5.96 Å². The molecule has 7 nitrogen and oxygen atoms in total. The van der Waals surface area contributed by atoms with Gasteiger partial charge in [0.2, 0.25) is 10.0 Å². The molecule has 0 saturated carbocycles. The summed E-state index contributed by atoms with van der Waals surface area (Å²) in [6.07, 6.45) is 4.45. The number of thiazole rings is 1. The minimum absolute atomic E-state index is 0.372. The largest absolute Gasteiger partial charge is 0.356 e. The number of aryl methyl sites for hydroxylation is 1. The summed E-state index contributed by atoms with van der Waals surface area (Å²) >= 11 is 1.72. The van der Waals surface area contributed by atoms with Crippen LogP contribution < -0.4 is 10.6 Å². The van der Waals surface area contributed by atoms with Crippen LogP contribution in [0.2, 0.25) is 0 Å². The van der Waals surface area contributed by atoms with Crippen molar-refractivity contribution in [1.82, 2.24) is 19.9 Å². The van der Waals surface area contributed by atoms with Gasteiger partial charge in [-0.15, -0.1) is 11.3 Å². The molecular weight excluding hydrogens is 406 g/mol. The van der Waals surface area contributed by atoms with Gasteiger partial charge >= 0.3 is 0 Å². The van der Waals surface area contributed by atoms with Gasteiger partial charge in [-0.2, -0.15) is 4.31 Å². The molecule has 0 aliphatic carbocycles. The Bertz CT molecular complexity index is 904. The number of sulfonamides is 1. The topological polar surface area (TPSA) is 86.7 Å². The Labute approximate surface area is 177 Å². The zero-order valence-corrected chi connectivity index (χ0v) is 18.6. The molecule has 0 amide bonds. The van der Waals surface area contributed by atoms with Crippen molar-refractivity contribution in [2.75, 3.05) is 33.2 Å². The second-order valence-electron chi connectivity index (χ2n) is 7.16. The van der Waals surface area contributed by atoms with Crippen LogP contribution in [-0.4, -0.2) is 56.9 Å². The highest BCUT2D eigenvalue weighted by Gasteiger charge is 2.29. The number of hydrogen-bond acceptors (Lipinski definition) is 5. The van der Waals surface area contributed by atoms with E-state index in [9.17, 15) is 8.42 Å². The van der Waals surface area contributed by atoms with Crippen LogP contribution in [0.15, 0.2) is 46.4 Å². The molecule has 2 N–H and O–H groups in total. The number of rotatable bonds is 7. The molecule has 2 heterocycles. The molecule has 0 spiro atoms. The summed E-state index contributed by atoms with van der Waals surface area (Å²) in [5, 5.41) is 7.81. The van der Waals surface area contributed by atoms with E-state index in [0.29, 0.717) is 23.9 Å². The quantitative estimate of drug-likeness (QED) is 0.515. The van der Waals surface area contributed by atoms with Crippen molar-refractivity contribution in [1.29, 1.82) is 0 Å². The van der Waals surface area contributed by atoms with Gasteiger partial charge in [-0.05, 0) is 37.8 Å². The summed E-state index contributed by atoms with van der Waals surface area (Å²) in [5.41, 5.74) is 0. The van der Waals surface area contributed by atoms with Crippen LogP contribution in [0.1, 0.15) is 22.7 Å². The maximum atomic E-state index is 12.7. The van der Waals surface area contributed by atoms with Crippen molar-refractivity contribution in [3.63, 3.8) is 0 Å². The second kappa shape index (κ2) is 10.2.